The summed E-state index contributed by atoms with van der Waals surface area (Å²) in [6.45, 7) is 10.7. The Bertz CT molecular complexity index is 303. The molecule has 4 heteroatoms. The van der Waals surface area contributed by atoms with Crippen LogP contribution in [0, 0.1) is 11.3 Å². The van der Waals surface area contributed by atoms with E-state index in [2.05, 4.69) is 24.1 Å². The highest BCUT2D eigenvalue weighted by Crippen LogP contribution is 2.37. The van der Waals surface area contributed by atoms with E-state index in [0.29, 0.717) is 17.9 Å². The lowest BCUT2D eigenvalue weighted by Gasteiger charge is -2.40. The molecule has 4 nitrogen and oxygen atoms in total. The Hall–Kier alpha value is -0.610. The second-order valence-electron chi connectivity index (χ2n) is 6.18. The van der Waals surface area contributed by atoms with Gasteiger partial charge in [-0.15, -0.1) is 0 Å². The van der Waals surface area contributed by atoms with Gasteiger partial charge in [-0.3, -0.25) is 4.79 Å². The van der Waals surface area contributed by atoms with Gasteiger partial charge in [-0.2, -0.15) is 0 Å². The van der Waals surface area contributed by atoms with Crippen molar-refractivity contribution in [1.82, 2.24) is 10.2 Å². The third-order valence-corrected chi connectivity index (χ3v) is 4.85. The van der Waals surface area contributed by atoms with Crippen molar-refractivity contribution in [2.75, 3.05) is 32.8 Å². The summed E-state index contributed by atoms with van der Waals surface area (Å²) in [4.78, 5) is 14.9. The Balaban J connectivity index is 1.96. The van der Waals surface area contributed by atoms with Gasteiger partial charge in [-0.1, -0.05) is 13.8 Å². The predicted octanol–water partition coefficient (Wildman–Crippen LogP) is 1.65. The lowest BCUT2D eigenvalue weighted by Crippen LogP contribution is -2.51. The van der Waals surface area contributed by atoms with Crippen LogP contribution in [0.4, 0.5) is 0 Å². The molecule has 0 aromatic carbocycles. The SMILES string of the molecule is CCOC1CCN(C(=O)C2(C(C)C)CCNC2)CC1. The van der Waals surface area contributed by atoms with Crippen LogP contribution in [0.15, 0.2) is 0 Å². The Morgan fingerprint density at radius 3 is 2.58 bits per heavy atom. The highest BCUT2D eigenvalue weighted by molar-refractivity contribution is 5.83. The van der Waals surface area contributed by atoms with Crippen LogP contribution in [0.3, 0.4) is 0 Å². The zero-order chi connectivity index (χ0) is 13.9. The maximum Gasteiger partial charge on any atom is 0.230 e. The molecule has 110 valence electrons. The van der Waals surface area contributed by atoms with Crippen molar-refractivity contribution >= 4 is 5.91 Å². The first kappa shape index (κ1) is 14.8. The van der Waals surface area contributed by atoms with Crippen molar-refractivity contribution in [2.24, 2.45) is 11.3 Å². The molecule has 2 saturated heterocycles. The van der Waals surface area contributed by atoms with E-state index in [9.17, 15) is 4.79 Å². The van der Waals surface area contributed by atoms with Gasteiger partial charge in [-0.25, -0.2) is 0 Å². The highest BCUT2D eigenvalue weighted by Gasteiger charge is 2.46. The summed E-state index contributed by atoms with van der Waals surface area (Å²) in [5, 5.41) is 3.37. The molecule has 19 heavy (non-hydrogen) atoms. The van der Waals surface area contributed by atoms with Crippen molar-refractivity contribution in [2.45, 2.75) is 46.1 Å². The molecule has 1 unspecified atom stereocenters. The average molecular weight is 268 g/mol. The summed E-state index contributed by atoms with van der Waals surface area (Å²) in [6, 6.07) is 0. The van der Waals surface area contributed by atoms with Gasteiger partial charge in [0.1, 0.15) is 0 Å². The van der Waals surface area contributed by atoms with Crippen molar-refractivity contribution in [1.29, 1.82) is 0 Å². The normalized spacial score (nSPS) is 29.2. The molecule has 0 bridgehead atoms. The minimum absolute atomic E-state index is 0.168. The second kappa shape index (κ2) is 6.23. The molecular weight excluding hydrogens is 240 g/mol. The van der Waals surface area contributed by atoms with Gasteiger partial charge in [-0.05, 0) is 38.6 Å². The summed E-state index contributed by atoms with van der Waals surface area (Å²) >= 11 is 0. The number of ether oxygens (including phenoxy) is 1. The summed E-state index contributed by atoms with van der Waals surface area (Å²) < 4.78 is 5.66. The number of carbonyl (C=O) groups excluding carboxylic acids is 1. The number of nitrogens with zero attached hydrogens (tertiary/aromatic N) is 1. The standard InChI is InChI=1S/C15H28N2O2/c1-4-19-13-5-9-17(10-6-13)14(18)15(12(2)3)7-8-16-11-15/h12-13,16H,4-11H2,1-3H3. The third kappa shape index (κ3) is 2.95. The fraction of sp³-hybridized carbons (Fsp3) is 0.933. The van der Waals surface area contributed by atoms with Crippen molar-refractivity contribution in [3.05, 3.63) is 0 Å². The van der Waals surface area contributed by atoms with E-state index < -0.39 is 0 Å². The Morgan fingerprint density at radius 1 is 1.42 bits per heavy atom. The van der Waals surface area contributed by atoms with E-state index in [-0.39, 0.29) is 5.41 Å². The first-order chi connectivity index (χ1) is 9.10. The molecular formula is C15H28N2O2. The van der Waals surface area contributed by atoms with Crippen LogP contribution in [0.2, 0.25) is 0 Å². The minimum Gasteiger partial charge on any atom is -0.378 e. The van der Waals surface area contributed by atoms with E-state index in [0.717, 1.165) is 52.0 Å². The maximum atomic E-state index is 12.9. The molecule has 2 fully saturated rings. The largest absolute Gasteiger partial charge is 0.378 e. The van der Waals surface area contributed by atoms with E-state index in [1.807, 2.05) is 6.92 Å². The molecule has 2 heterocycles. The van der Waals surface area contributed by atoms with Crippen LogP contribution < -0.4 is 5.32 Å². The number of piperidine rings is 1. The first-order valence-electron chi connectivity index (χ1n) is 7.72. The first-order valence-corrected chi connectivity index (χ1v) is 7.72. The van der Waals surface area contributed by atoms with Gasteiger partial charge in [0.15, 0.2) is 0 Å². The summed E-state index contributed by atoms with van der Waals surface area (Å²) in [5.74, 6) is 0.766. The van der Waals surface area contributed by atoms with Crippen molar-refractivity contribution < 1.29 is 9.53 Å². The average Bonchev–Trinajstić information content (AvgIpc) is 2.90. The van der Waals surface area contributed by atoms with Gasteiger partial charge >= 0.3 is 0 Å². The fourth-order valence-electron chi connectivity index (χ4n) is 3.41. The van der Waals surface area contributed by atoms with E-state index in [4.69, 9.17) is 4.74 Å². The van der Waals surface area contributed by atoms with Gasteiger partial charge in [0.2, 0.25) is 5.91 Å². The number of amides is 1. The fourth-order valence-corrected chi connectivity index (χ4v) is 3.41. The van der Waals surface area contributed by atoms with Crippen LogP contribution in [0.5, 0.6) is 0 Å². The number of hydrogen-bond acceptors (Lipinski definition) is 3. The molecule has 1 atom stereocenters. The van der Waals surface area contributed by atoms with Crippen LogP contribution in [-0.2, 0) is 9.53 Å². The zero-order valence-electron chi connectivity index (χ0n) is 12.6. The molecule has 2 rings (SSSR count). The third-order valence-electron chi connectivity index (χ3n) is 4.85. The number of nitrogens with one attached hydrogen (secondary N) is 1. The van der Waals surface area contributed by atoms with Crippen molar-refractivity contribution in [3.8, 4) is 0 Å². The lowest BCUT2D eigenvalue weighted by molar-refractivity contribution is -0.146. The Morgan fingerprint density at radius 2 is 2.11 bits per heavy atom. The monoisotopic (exact) mass is 268 g/mol. The number of likely N-dealkylation sites (tertiary alicyclic amines) is 1. The Kier molecular flexibility index (Phi) is 4.85. The van der Waals surface area contributed by atoms with Crippen LogP contribution >= 0.6 is 0 Å². The molecule has 2 aliphatic heterocycles. The molecule has 1 amide bonds. The summed E-state index contributed by atoms with van der Waals surface area (Å²) in [7, 11) is 0. The van der Waals surface area contributed by atoms with Gasteiger partial charge in [0, 0.05) is 26.2 Å². The molecule has 0 aromatic heterocycles. The van der Waals surface area contributed by atoms with E-state index >= 15 is 0 Å². The molecule has 1 N–H and O–H groups in total. The summed E-state index contributed by atoms with van der Waals surface area (Å²) in [6.07, 6.45) is 3.31. The minimum atomic E-state index is -0.168. The topological polar surface area (TPSA) is 41.6 Å². The highest BCUT2D eigenvalue weighted by atomic mass is 16.5. The molecule has 0 spiro atoms. The lowest BCUT2D eigenvalue weighted by atomic mass is 9.75. The quantitative estimate of drug-likeness (QED) is 0.843. The van der Waals surface area contributed by atoms with Gasteiger partial charge in [0.25, 0.3) is 0 Å². The molecule has 0 radical (unpaired) electrons. The van der Waals surface area contributed by atoms with Crippen LogP contribution in [0.25, 0.3) is 0 Å². The smallest absolute Gasteiger partial charge is 0.230 e. The molecule has 2 aliphatic rings. The number of hydrogen-bond donors (Lipinski definition) is 1. The summed E-state index contributed by atoms with van der Waals surface area (Å²) in [5.41, 5.74) is -0.168. The molecule has 0 saturated carbocycles. The zero-order valence-corrected chi connectivity index (χ0v) is 12.6. The van der Waals surface area contributed by atoms with E-state index in [1.54, 1.807) is 0 Å². The second-order valence-corrected chi connectivity index (χ2v) is 6.18. The van der Waals surface area contributed by atoms with Crippen LogP contribution in [-0.4, -0.2) is 49.7 Å². The van der Waals surface area contributed by atoms with Gasteiger partial charge < -0.3 is 15.0 Å². The maximum absolute atomic E-state index is 12.9. The van der Waals surface area contributed by atoms with E-state index in [1.165, 1.54) is 0 Å². The predicted molar refractivity (Wildman–Crippen MR) is 76.0 cm³/mol. The Labute approximate surface area is 116 Å². The number of rotatable bonds is 4. The van der Waals surface area contributed by atoms with Gasteiger partial charge in [0.05, 0.1) is 11.5 Å². The van der Waals surface area contributed by atoms with Crippen molar-refractivity contribution in [3.63, 3.8) is 0 Å². The number of carbonyl (C=O) groups is 1. The molecule has 0 aliphatic carbocycles. The van der Waals surface area contributed by atoms with Crippen LogP contribution in [0.1, 0.15) is 40.0 Å². The molecule has 0 aromatic rings.